The van der Waals surface area contributed by atoms with Crippen molar-refractivity contribution in [3.63, 3.8) is 0 Å². The molecule has 3 rings (SSSR count). The van der Waals surface area contributed by atoms with Gasteiger partial charge >= 0.3 is 6.09 Å². The summed E-state index contributed by atoms with van der Waals surface area (Å²) in [5.41, 5.74) is 1.75. The van der Waals surface area contributed by atoms with E-state index in [4.69, 9.17) is 4.74 Å². The van der Waals surface area contributed by atoms with E-state index in [2.05, 4.69) is 10.0 Å². The SMILES string of the molecule is CS(=O)(=O)NC1CCCN(C(=O)[C@H](Cc2ccccc2)NC(=O)OCc2ccccc2)C1. The molecule has 2 N–H and O–H groups in total. The molecule has 1 aliphatic rings. The second-order valence-corrected chi connectivity index (χ2v) is 9.74. The number of hydrogen-bond acceptors (Lipinski definition) is 5. The van der Waals surface area contributed by atoms with Gasteiger partial charge in [0, 0.05) is 25.6 Å². The topological polar surface area (TPSA) is 105 Å². The Labute approximate surface area is 189 Å². The first-order chi connectivity index (χ1) is 15.3. The van der Waals surface area contributed by atoms with Crippen molar-refractivity contribution < 1.29 is 22.7 Å². The van der Waals surface area contributed by atoms with Crippen molar-refractivity contribution in [3.05, 3.63) is 71.8 Å². The molecule has 2 aromatic rings. The molecule has 0 aliphatic carbocycles. The number of piperidine rings is 1. The van der Waals surface area contributed by atoms with Gasteiger partial charge in [-0.15, -0.1) is 0 Å². The van der Waals surface area contributed by atoms with Gasteiger partial charge in [0.05, 0.1) is 6.26 Å². The zero-order valence-electron chi connectivity index (χ0n) is 18.1. The molecule has 2 aromatic carbocycles. The third-order valence-corrected chi connectivity index (χ3v) is 5.96. The molecule has 1 fully saturated rings. The van der Waals surface area contributed by atoms with E-state index in [1.165, 1.54) is 0 Å². The van der Waals surface area contributed by atoms with Crippen LogP contribution in [0.4, 0.5) is 4.79 Å². The van der Waals surface area contributed by atoms with E-state index in [0.29, 0.717) is 25.8 Å². The van der Waals surface area contributed by atoms with Crippen LogP contribution in [-0.2, 0) is 32.6 Å². The number of likely N-dealkylation sites (tertiary alicyclic amines) is 1. The van der Waals surface area contributed by atoms with Gasteiger partial charge in [-0.05, 0) is 24.0 Å². The van der Waals surface area contributed by atoms with Gasteiger partial charge in [-0.25, -0.2) is 17.9 Å². The van der Waals surface area contributed by atoms with Gasteiger partial charge in [-0.2, -0.15) is 0 Å². The summed E-state index contributed by atoms with van der Waals surface area (Å²) in [6.07, 6.45) is 2.07. The molecule has 1 unspecified atom stereocenters. The Hall–Kier alpha value is -2.91. The Bertz CT molecular complexity index is 999. The normalized spacial score (nSPS) is 17.4. The average molecular weight is 460 g/mol. The third-order valence-electron chi connectivity index (χ3n) is 5.20. The summed E-state index contributed by atoms with van der Waals surface area (Å²) in [4.78, 5) is 27.4. The van der Waals surface area contributed by atoms with Crippen LogP contribution in [0.25, 0.3) is 0 Å². The van der Waals surface area contributed by atoms with Crippen LogP contribution in [0.1, 0.15) is 24.0 Å². The van der Waals surface area contributed by atoms with E-state index in [1.807, 2.05) is 60.7 Å². The van der Waals surface area contributed by atoms with Crippen LogP contribution in [0.5, 0.6) is 0 Å². The maximum Gasteiger partial charge on any atom is 0.408 e. The van der Waals surface area contributed by atoms with Crippen molar-refractivity contribution in [2.24, 2.45) is 0 Å². The molecule has 0 saturated carbocycles. The number of sulfonamides is 1. The maximum absolute atomic E-state index is 13.3. The Kier molecular flexibility index (Phi) is 8.24. The number of nitrogens with one attached hydrogen (secondary N) is 2. The second-order valence-electron chi connectivity index (χ2n) is 7.96. The van der Waals surface area contributed by atoms with Crippen molar-refractivity contribution in [1.82, 2.24) is 14.9 Å². The number of rotatable bonds is 8. The Morgan fingerprint density at radius 3 is 2.31 bits per heavy atom. The van der Waals surface area contributed by atoms with Gasteiger partial charge < -0.3 is 15.0 Å². The molecule has 32 heavy (non-hydrogen) atoms. The summed E-state index contributed by atoms with van der Waals surface area (Å²) in [6.45, 7) is 0.869. The van der Waals surface area contributed by atoms with Crippen LogP contribution in [0.2, 0.25) is 0 Å². The number of hydrogen-bond donors (Lipinski definition) is 2. The lowest BCUT2D eigenvalue weighted by Gasteiger charge is -2.35. The lowest BCUT2D eigenvalue weighted by atomic mass is 10.0. The van der Waals surface area contributed by atoms with E-state index in [0.717, 1.165) is 17.4 Å². The van der Waals surface area contributed by atoms with Crippen molar-refractivity contribution in [3.8, 4) is 0 Å². The highest BCUT2D eigenvalue weighted by atomic mass is 32.2. The molecule has 1 heterocycles. The number of carbonyl (C=O) groups is 2. The van der Waals surface area contributed by atoms with Crippen LogP contribution in [-0.4, -0.2) is 56.7 Å². The number of alkyl carbamates (subject to hydrolysis) is 1. The van der Waals surface area contributed by atoms with Gasteiger partial charge in [0.2, 0.25) is 15.9 Å². The molecular weight excluding hydrogens is 430 g/mol. The van der Waals surface area contributed by atoms with Gasteiger partial charge in [0.15, 0.2) is 0 Å². The quantitative estimate of drug-likeness (QED) is 0.629. The van der Waals surface area contributed by atoms with Crippen molar-refractivity contribution in [2.75, 3.05) is 19.3 Å². The van der Waals surface area contributed by atoms with E-state index in [9.17, 15) is 18.0 Å². The van der Waals surface area contributed by atoms with Gasteiger partial charge in [0.1, 0.15) is 12.6 Å². The van der Waals surface area contributed by atoms with Crippen molar-refractivity contribution >= 4 is 22.0 Å². The summed E-state index contributed by atoms with van der Waals surface area (Å²) in [5.74, 6) is -0.259. The highest BCUT2D eigenvalue weighted by Crippen LogP contribution is 2.14. The van der Waals surface area contributed by atoms with Crippen LogP contribution in [0, 0.1) is 0 Å². The van der Waals surface area contributed by atoms with Gasteiger partial charge in [0.25, 0.3) is 0 Å². The van der Waals surface area contributed by atoms with Gasteiger partial charge in [-0.3, -0.25) is 4.79 Å². The lowest BCUT2D eigenvalue weighted by molar-refractivity contribution is -0.134. The highest BCUT2D eigenvalue weighted by Gasteiger charge is 2.31. The van der Waals surface area contributed by atoms with Crippen LogP contribution < -0.4 is 10.0 Å². The molecule has 2 atom stereocenters. The second kappa shape index (κ2) is 11.1. The summed E-state index contributed by atoms with van der Waals surface area (Å²) in [5, 5.41) is 2.70. The minimum atomic E-state index is -3.37. The lowest BCUT2D eigenvalue weighted by Crippen LogP contribution is -2.55. The first-order valence-corrected chi connectivity index (χ1v) is 12.5. The number of nitrogens with zero attached hydrogens (tertiary/aromatic N) is 1. The predicted octanol–water partition coefficient (Wildman–Crippen LogP) is 2.06. The molecule has 8 nitrogen and oxygen atoms in total. The monoisotopic (exact) mass is 459 g/mol. The number of carbonyl (C=O) groups excluding carboxylic acids is 2. The molecule has 2 amide bonds. The van der Waals surface area contributed by atoms with E-state index >= 15 is 0 Å². The zero-order chi connectivity index (χ0) is 23.0. The summed E-state index contributed by atoms with van der Waals surface area (Å²) in [7, 11) is -3.37. The number of ether oxygens (including phenoxy) is 1. The van der Waals surface area contributed by atoms with Gasteiger partial charge in [-0.1, -0.05) is 60.7 Å². The molecule has 0 radical (unpaired) electrons. The Morgan fingerprint density at radius 1 is 1.06 bits per heavy atom. The highest BCUT2D eigenvalue weighted by molar-refractivity contribution is 7.88. The van der Waals surface area contributed by atoms with Crippen LogP contribution >= 0.6 is 0 Å². The van der Waals surface area contributed by atoms with Crippen LogP contribution in [0.3, 0.4) is 0 Å². The van der Waals surface area contributed by atoms with Crippen molar-refractivity contribution in [1.29, 1.82) is 0 Å². The third kappa shape index (κ3) is 7.65. The van der Waals surface area contributed by atoms with E-state index in [-0.39, 0.29) is 25.1 Å². The van der Waals surface area contributed by atoms with E-state index in [1.54, 1.807) is 4.90 Å². The fraction of sp³-hybridized carbons (Fsp3) is 0.391. The maximum atomic E-state index is 13.3. The molecule has 1 aliphatic heterocycles. The zero-order valence-corrected chi connectivity index (χ0v) is 18.9. The molecule has 9 heteroatoms. The molecule has 0 aromatic heterocycles. The average Bonchev–Trinajstić information content (AvgIpc) is 2.77. The van der Waals surface area contributed by atoms with Crippen LogP contribution in [0.15, 0.2) is 60.7 Å². The summed E-state index contributed by atoms with van der Waals surface area (Å²) in [6, 6.07) is 17.5. The van der Waals surface area contributed by atoms with Crippen molar-refractivity contribution in [2.45, 2.75) is 38.0 Å². The Balaban J connectivity index is 1.67. The smallest absolute Gasteiger partial charge is 0.408 e. The first-order valence-electron chi connectivity index (χ1n) is 10.6. The molecular formula is C23H29N3O5S. The standard InChI is InChI=1S/C23H29N3O5S/c1-32(29,30)25-20-13-8-14-26(16-20)22(27)21(15-18-9-4-2-5-10-18)24-23(28)31-17-19-11-6-3-7-12-19/h2-7,9-12,20-21,25H,8,13-17H2,1H3,(H,24,28)/t20?,21-/m0/s1. The summed E-state index contributed by atoms with van der Waals surface area (Å²) >= 11 is 0. The number of benzene rings is 2. The minimum absolute atomic E-state index is 0.100. The fourth-order valence-electron chi connectivity index (χ4n) is 3.75. The van der Waals surface area contributed by atoms with E-state index < -0.39 is 22.2 Å². The Morgan fingerprint density at radius 2 is 1.69 bits per heavy atom. The number of amides is 2. The first kappa shape index (κ1) is 23.7. The molecule has 172 valence electrons. The fourth-order valence-corrected chi connectivity index (χ4v) is 4.55. The summed E-state index contributed by atoms with van der Waals surface area (Å²) < 4.78 is 31.1. The largest absolute Gasteiger partial charge is 0.445 e. The minimum Gasteiger partial charge on any atom is -0.445 e. The predicted molar refractivity (Wildman–Crippen MR) is 121 cm³/mol. The molecule has 0 spiro atoms. The molecule has 1 saturated heterocycles. The molecule has 0 bridgehead atoms.